The lowest BCUT2D eigenvalue weighted by atomic mass is 9.45. The topological polar surface area (TPSA) is 44.8 Å². The maximum atomic E-state index is 11.5. The molecule has 1 aliphatic heterocycles. The molecule has 5 aliphatic rings. The summed E-state index contributed by atoms with van der Waals surface area (Å²) in [6, 6.07) is 10.5. The number of hydrogen-bond acceptors (Lipinski definition) is 4. The average Bonchev–Trinajstić information content (AvgIpc) is 3.11. The number of esters is 1. The molecule has 180 valence electrons. The van der Waals surface area contributed by atoms with Gasteiger partial charge in [0.05, 0.1) is 12.7 Å². The average molecular weight is 453 g/mol. The SMILES string of the molecule is CC(=O)O[C@H]1CC[C@@]2(C)[C@@H](CC[C@@H]3[C@@H]2CC[C@@]2(C)[C@H]3C[C@@H]3COC(c4ccccc4)O[C@@H]32)C1. The van der Waals surface area contributed by atoms with Crippen molar-refractivity contribution in [1.29, 1.82) is 0 Å². The fourth-order valence-electron chi connectivity index (χ4n) is 9.28. The molecule has 6 rings (SSSR count). The molecule has 5 fully saturated rings. The maximum Gasteiger partial charge on any atom is 0.302 e. The molecule has 1 saturated heterocycles. The Morgan fingerprint density at radius 2 is 1.76 bits per heavy atom. The molecule has 10 atom stereocenters. The summed E-state index contributed by atoms with van der Waals surface area (Å²) in [6.45, 7) is 7.50. The van der Waals surface area contributed by atoms with Crippen LogP contribution in [-0.4, -0.2) is 24.8 Å². The second-order valence-corrected chi connectivity index (χ2v) is 12.3. The lowest BCUT2D eigenvalue weighted by Crippen LogP contribution is -2.55. The van der Waals surface area contributed by atoms with E-state index in [0.717, 1.165) is 42.8 Å². The fraction of sp³-hybridized carbons (Fsp3) is 0.759. The van der Waals surface area contributed by atoms with Crippen molar-refractivity contribution >= 4 is 5.97 Å². The third-order valence-electron chi connectivity index (χ3n) is 10.8. The molecule has 4 saturated carbocycles. The van der Waals surface area contributed by atoms with Gasteiger partial charge in [0.25, 0.3) is 0 Å². The Kier molecular flexibility index (Phi) is 5.41. The predicted octanol–water partition coefficient (Wildman–Crippen LogP) is 6.30. The summed E-state index contributed by atoms with van der Waals surface area (Å²) >= 11 is 0. The minimum Gasteiger partial charge on any atom is -0.463 e. The summed E-state index contributed by atoms with van der Waals surface area (Å²) in [4.78, 5) is 11.5. The second kappa shape index (κ2) is 8.09. The van der Waals surface area contributed by atoms with Crippen molar-refractivity contribution in [1.82, 2.24) is 0 Å². The molecule has 4 aliphatic carbocycles. The van der Waals surface area contributed by atoms with Gasteiger partial charge in [0.2, 0.25) is 0 Å². The first kappa shape index (κ1) is 22.1. The van der Waals surface area contributed by atoms with Gasteiger partial charge in [0.15, 0.2) is 6.29 Å². The molecule has 4 nitrogen and oxygen atoms in total. The Bertz CT molecular complexity index is 885. The van der Waals surface area contributed by atoms with Crippen molar-refractivity contribution in [3.05, 3.63) is 35.9 Å². The summed E-state index contributed by atoms with van der Waals surface area (Å²) in [6.07, 6.45) is 10.1. The zero-order chi connectivity index (χ0) is 22.8. The molecule has 4 heteroatoms. The maximum absolute atomic E-state index is 11.5. The fourth-order valence-corrected chi connectivity index (χ4v) is 9.28. The quantitative estimate of drug-likeness (QED) is 0.494. The summed E-state index contributed by atoms with van der Waals surface area (Å²) < 4.78 is 18.7. The lowest BCUT2D eigenvalue weighted by molar-refractivity contribution is -0.260. The first-order valence-corrected chi connectivity index (χ1v) is 13.4. The van der Waals surface area contributed by atoms with Crippen LogP contribution in [0.3, 0.4) is 0 Å². The van der Waals surface area contributed by atoms with Crippen LogP contribution in [0.2, 0.25) is 0 Å². The zero-order valence-corrected chi connectivity index (χ0v) is 20.5. The number of carbonyl (C=O) groups is 1. The molecule has 0 spiro atoms. The van der Waals surface area contributed by atoms with E-state index in [9.17, 15) is 4.79 Å². The largest absolute Gasteiger partial charge is 0.463 e. The van der Waals surface area contributed by atoms with Gasteiger partial charge >= 0.3 is 5.97 Å². The van der Waals surface area contributed by atoms with Crippen molar-refractivity contribution in [3.63, 3.8) is 0 Å². The van der Waals surface area contributed by atoms with Crippen LogP contribution in [0.4, 0.5) is 0 Å². The third kappa shape index (κ3) is 3.50. The van der Waals surface area contributed by atoms with Gasteiger partial charge in [-0.1, -0.05) is 44.2 Å². The van der Waals surface area contributed by atoms with Crippen molar-refractivity contribution < 1.29 is 19.0 Å². The minimum absolute atomic E-state index is 0.115. The summed E-state index contributed by atoms with van der Waals surface area (Å²) in [5, 5.41) is 0. The molecule has 1 unspecified atom stereocenters. The molecule has 0 radical (unpaired) electrons. The van der Waals surface area contributed by atoms with E-state index < -0.39 is 0 Å². The molecular weight excluding hydrogens is 412 g/mol. The Balaban J connectivity index is 1.21. The van der Waals surface area contributed by atoms with E-state index in [-0.39, 0.29) is 23.8 Å². The summed E-state index contributed by atoms with van der Waals surface area (Å²) in [7, 11) is 0. The van der Waals surface area contributed by atoms with Crippen LogP contribution in [-0.2, 0) is 19.0 Å². The Hall–Kier alpha value is -1.39. The molecule has 0 aromatic heterocycles. The normalized spacial score (nSPS) is 48.7. The van der Waals surface area contributed by atoms with Crippen LogP contribution in [0.15, 0.2) is 30.3 Å². The molecular formula is C29H40O4. The zero-order valence-electron chi connectivity index (χ0n) is 20.5. The van der Waals surface area contributed by atoms with Crippen molar-refractivity contribution in [3.8, 4) is 0 Å². The van der Waals surface area contributed by atoms with Crippen LogP contribution in [0, 0.1) is 40.4 Å². The van der Waals surface area contributed by atoms with Gasteiger partial charge in [-0.25, -0.2) is 0 Å². The van der Waals surface area contributed by atoms with Crippen molar-refractivity contribution in [2.45, 2.75) is 90.6 Å². The van der Waals surface area contributed by atoms with E-state index >= 15 is 0 Å². The highest BCUT2D eigenvalue weighted by Gasteiger charge is 2.63. The van der Waals surface area contributed by atoms with E-state index in [1.165, 1.54) is 38.5 Å². The van der Waals surface area contributed by atoms with Gasteiger partial charge in [-0.2, -0.15) is 0 Å². The van der Waals surface area contributed by atoms with Crippen molar-refractivity contribution in [2.75, 3.05) is 6.61 Å². The number of ether oxygens (including phenoxy) is 3. The van der Waals surface area contributed by atoms with Crippen LogP contribution >= 0.6 is 0 Å². The van der Waals surface area contributed by atoms with Gasteiger partial charge in [0, 0.05) is 18.4 Å². The van der Waals surface area contributed by atoms with Crippen LogP contribution < -0.4 is 0 Å². The Morgan fingerprint density at radius 3 is 2.55 bits per heavy atom. The van der Waals surface area contributed by atoms with Crippen molar-refractivity contribution in [2.24, 2.45) is 40.4 Å². The van der Waals surface area contributed by atoms with E-state index in [0.29, 0.717) is 23.4 Å². The predicted molar refractivity (Wildman–Crippen MR) is 126 cm³/mol. The van der Waals surface area contributed by atoms with Gasteiger partial charge in [-0.05, 0) is 85.9 Å². The van der Waals surface area contributed by atoms with Gasteiger partial charge < -0.3 is 14.2 Å². The van der Waals surface area contributed by atoms with E-state index in [1.54, 1.807) is 6.92 Å². The summed E-state index contributed by atoms with van der Waals surface area (Å²) in [5.74, 6) is 3.47. The standard InChI is InChI=1S/C29H40O4/c1-18(30)32-22-11-13-28(2)21(16-22)9-10-23-24(28)12-14-29(3)25(23)15-20-17-31-27(33-26(20)29)19-7-5-4-6-8-19/h4-8,20-27H,9-17H2,1-3H3/t20-,21+,22+,23-,24+,25+,26+,27?,28+,29+/m1/s1. The molecule has 0 amide bonds. The van der Waals surface area contributed by atoms with Gasteiger partial charge in [0.1, 0.15) is 6.10 Å². The highest BCUT2D eigenvalue weighted by molar-refractivity contribution is 5.66. The van der Waals surface area contributed by atoms with Crippen LogP contribution in [0.5, 0.6) is 0 Å². The van der Waals surface area contributed by atoms with Gasteiger partial charge in [-0.3, -0.25) is 4.79 Å². The monoisotopic (exact) mass is 452 g/mol. The molecule has 1 aromatic carbocycles. The minimum atomic E-state index is -0.217. The van der Waals surface area contributed by atoms with Crippen LogP contribution in [0.1, 0.15) is 84.0 Å². The lowest BCUT2D eigenvalue weighted by Gasteiger charge is -2.61. The summed E-state index contributed by atoms with van der Waals surface area (Å²) in [5.41, 5.74) is 1.81. The van der Waals surface area contributed by atoms with E-state index in [1.807, 2.05) is 0 Å². The molecule has 0 N–H and O–H groups in total. The molecule has 33 heavy (non-hydrogen) atoms. The molecule has 1 heterocycles. The Labute approximate surface area is 198 Å². The smallest absolute Gasteiger partial charge is 0.302 e. The number of rotatable bonds is 2. The molecule has 1 aromatic rings. The number of fused-ring (bicyclic) bond motifs is 7. The number of carbonyl (C=O) groups excluding carboxylic acids is 1. The van der Waals surface area contributed by atoms with Gasteiger partial charge in [-0.15, -0.1) is 0 Å². The first-order valence-electron chi connectivity index (χ1n) is 13.4. The third-order valence-corrected chi connectivity index (χ3v) is 10.8. The second-order valence-electron chi connectivity index (χ2n) is 12.3. The Morgan fingerprint density at radius 1 is 0.970 bits per heavy atom. The van der Waals surface area contributed by atoms with E-state index in [2.05, 4.69) is 44.2 Å². The highest BCUT2D eigenvalue weighted by Crippen LogP contribution is 2.68. The molecule has 0 bridgehead atoms. The highest BCUT2D eigenvalue weighted by atomic mass is 16.7. The first-order chi connectivity index (χ1) is 15.9. The number of benzene rings is 1. The van der Waals surface area contributed by atoms with Crippen LogP contribution in [0.25, 0.3) is 0 Å². The number of hydrogen-bond donors (Lipinski definition) is 0. The van der Waals surface area contributed by atoms with E-state index in [4.69, 9.17) is 14.2 Å².